The number of carbonyl (C=O) groups excluding carboxylic acids is 1. The molecule has 1 atom stereocenters. The van der Waals surface area contributed by atoms with Crippen molar-refractivity contribution in [1.82, 2.24) is 0 Å². The van der Waals surface area contributed by atoms with Gasteiger partial charge in [0.15, 0.2) is 0 Å². The summed E-state index contributed by atoms with van der Waals surface area (Å²) in [5.74, 6) is -0.942. The minimum atomic E-state index is -0.942. The first-order valence-corrected chi connectivity index (χ1v) is 8.03. The summed E-state index contributed by atoms with van der Waals surface area (Å²) in [6, 6.07) is 0. The van der Waals surface area contributed by atoms with Crippen LogP contribution in [0.1, 0.15) is 64.7 Å². The Balaban J connectivity index is 0. The fraction of sp³-hybridized carbons (Fsp3) is 0.611. The molecule has 3 nitrogen and oxygen atoms in total. The van der Waals surface area contributed by atoms with Gasteiger partial charge in [-0.25, -0.2) is 0 Å². The van der Waals surface area contributed by atoms with Crippen LogP contribution in [0.15, 0.2) is 36.5 Å². The predicted molar refractivity (Wildman–Crippen MR) is 85.7 cm³/mol. The van der Waals surface area contributed by atoms with E-state index in [1.807, 2.05) is 37.3 Å². The molecule has 120 valence electrons. The predicted octanol–water partition coefficient (Wildman–Crippen LogP) is 0.301. The van der Waals surface area contributed by atoms with Crippen LogP contribution in [0.4, 0.5) is 0 Å². The summed E-state index contributed by atoms with van der Waals surface area (Å²) in [5.41, 5.74) is 0. The van der Waals surface area contributed by atoms with Crippen LogP contribution in [0.5, 0.6) is 0 Å². The van der Waals surface area contributed by atoms with Crippen molar-refractivity contribution in [3.8, 4) is 0 Å². The van der Waals surface area contributed by atoms with Crippen molar-refractivity contribution in [2.24, 2.45) is 0 Å². The molecule has 1 N–H and O–H groups in total. The van der Waals surface area contributed by atoms with E-state index in [0.717, 1.165) is 44.9 Å². The molecule has 0 bridgehead atoms. The zero-order chi connectivity index (χ0) is 15.8. The Bertz CT molecular complexity index is 335. The van der Waals surface area contributed by atoms with Gasteiger partial charge in [-0.3, -0.25) is 0 Å². The Morgan fingerprint density at radius 3 is 2.23 bits per heavy atom. The van der Waals surface area contributed by atoms with E-state index in [-0.39, 0.29) is 42.1 Å². The largest absolute Gasteiger partial charge is 1.00 e. The summed E-state index contributed by atoms with van der Waals surface area (Å²) >= 11 is 0. The van der Waals surface area contributed by atoms with Gasteiger partial charge in [-0.15, -0.1) is 0 Å². The summed E-state index contributed by atoms with van der Waals surface area (Å²) < 4.78 is 0. The molecular weight excluding hydrogens is 287 g/mol. The maximum atomic E-state index is 10.2. The summed E-state index contributed by atoms with van der Waals surface area (Å²) in [6.07, 6.45) is 19.7. The van der Waals surface area contributed by atoms with E-state index in [0.29, 0.717) is 6.42 Å². The molecule has 4 heteroatoms. The van der Waals surface area contributed by atoms with Crippen molar-refractivity contribution in [3.63, 3.8) is 0 Å². The minimum Gasteiger partial charge on any atom is -0.550 e. The fourth-order valence-electron chi connectivity index (χ4n) is 1.85. The molecular formula is C18H29NaO3. The van der Waals surface area contributed by atoms with Gasteiger partial charge in [-0.1, -0.05) is 62.6 Å². The number of aliphatic carboxylic acids is 1. The van der Waals surface area contributed by atoms with Gasteiger partial charge in [0.2, 0.25) is 0 Å². The number of carboxylic acid groups (broad SMARTS) is 1. The molecule has 0 amide bonds. The summed E-state index contributed by atoms with van der Waals surface area (Å²) in [5, 5.41) is 19.5. The van der Waals surface area contributed by atoms with E-state index < -0.39 is 5.97 Å². The number of carbonyl (C=O) groups is 1. The Morgan fingerprint density at radius 1 is 1.00 bits per heavy atom. The van der Waals surface area contributed by atoms with Gasteiger partial charge in [0.1, 0.15) is 0 Å². The Labute approximate surface area is 157 Å². The molecule has 0 aliphatic carbocycles. The van der Waals surface area contributed by atoms with Crippen LogP contribution in [-0.4, -0.2) is 17.2 Å². The van der Waals surface area contributed by atoms with E-state index in [1.54, 1.807) is 0 Å². The van der Waals surface area contributed by atoms with Gasteiger partial charge in [0.25, 0.3) is 0 Å². The molecule has 0 heterocycles. The standard InChI is InChI=1S/C18H30O3.Na/c1-2-17(19)15-13-11-9-7-5-3-4-6-8-10-12-14-16-18(20)21;/h3,5,7,9,11,13,17,19H,2,4,6,8,10,12,14-16H2,1H3,(H,20,21);/q;+1/p-1/b5-3+,9-7+,13-11+;. The number of aliphatic hydroxyl groups excluding tert-OH is 1. The second-order valence-corrected chi connectivity index (χ2v) is 5.22. The topological polar surface area (TPSA) is 60.4 Å². The average Bonchev–Trinajstić information content (AvgIpc) is 2.46. The van der Waals surface area contributed by atoms with Crippen molar-refractivity contribution >= 4 is 5.97 Å². The second kappa shape index (κ2) is 18.7. The van der Waals surface area contributed by atoms with Gasteiger partial charge in [0.05, 0.1) is 6.10 Å². The number of rotatable bonds is 13. The molecule has 0 saturated carbocycles. The number of hydrogen-bond donors (Lipinski definition) is 1. The Morgan fingerprint density at radius 2 is 1.59 bits per heavy atom. The van der Waals surface area contributed by atoms with Crippen molar-refractivity contribution < 1.29 is 44.6 Å². The van der Waals surface area contributed by atoms with Gasteiger partial charge < -0.3 is 15.0 Å². The normalized spacial score (nSPS) is 13.0. The number of carboxylic acids is 1. The Hall–Kier alpha value is -0.350. The molecule has 0 aromatic carbocycles. The van der Waals surface area contributed by atoms with Crippen molar-refractivity contribution in [3.05, 3.63) is 36.5 Å². The molecule has 1 unspecified atom stereocenters. The summed E-state index contributed by atoms with van der Waals surface area (Å²) in [6.45, 7) is 1.97. The zero-order valence-corrected chi connectivity index (χ0v) is 16.2. The van der Waals surface area contributed by atoms with Gasteiger partial charge >= 0.3 is 29.6 Å². The number of hydrogen-bond acceptors (Lipinski definition) is 3. The molecule has 0 fully saturated rings. The van der Waals surface area contributed by atoms with Crippen molar-refractivity contribution in [2.45, 2.75) is 70.8 Å². The molecule has 0 aliphatic rings. The first kappa shape index (κ1) is 23.9. The molecule has 0 saturated heterocycles. The van der Waals surface area contributed by atoms with E-state index >= 15 is 0 Å². The van der Waals surface area contributed by atoms with E-state index in [2.05, 4.69) is 6.08 Å². The maximum absolute atomic E-state index is 10.2. The van der Waals surface area contributed by atoms with Gasteiger partial charge in [-0.05, 0) is 38.5 Å². The van der Waals surface area contributed by atoms with Gasteiger partial charge in [0, 0.05) is 5.97 Å². The molecule has 0 aliphatic heterocycles. The zero-order valence-electron chi connectivity index (χ0n) is 14.2. The monoisotopic (exact) mass is 316 g/mol. The number of unbranched alkanes of at least 4 members (excludes halogenated alkanes) is 5. The third kappa shape index (κ3) is 19.7. The molecule has 0 aromatic rings. The van der Waals surface area contributed by atoms with Crippen molar-refractivity contribution in [2.75, 3.05) is 0 Å². The van der Waals surface area contributed by atoms with Crippen LogP contribution in [0.2, 0.25) is 0 Å². The number of allylic oxidation sites excluding steroid dienone is 5. The summed E-state index contributed by atoms with van der Waals surface area (Å²) in [7, 11) is 0. The SMILES string of the molecule is CCC(O)C/C=C/C=C/C=C/CCCCCCCC(=O)[O-].[Na+]. The average molecular weight is 316 g/mol. The van der Waals surface area contributed by atoms with Gasteiger partial charge in [-0.2, -0.15) is 0 Å². The molecule has 0 radical (unpaired) electrons. The fourth-order valence-corrected chi connectivity index (χ4v) is 1.85. The molecule has 0 rings (SSSR count). The van der Waals surface area contributed by atoms with E-state index in [9.17, 15) is 15.0 Å². The van der Waals surface area contributed by atoms with Crippen LogP contribution >= 0.6 is 0 Å². The molecule has 0 aromatic heterocycles. The summed E-state index contributed by atoms with van der Waals surface area (Å²) in [4.78, 5) is 10.2. The molecule has 0 spiro atoms. The third-order valence-corrected chi connectivity index (χ3v) is 3.24. The maximum Gasteiger partial charge on any atom is 1.00 e. The Kier molecular flexibility index (Phi) is 20.3. The first-order valence-electron chi connectivity index (χ1n) is 8.03. The van der Waals surface area contributed by atoms with Crippen LogP contribution in [0.25, 0.3) is 0 Å². The van der Waals surface area contributed by atoms with Crippen LogP contribution in [-0.2, 0) is 4.79 Å². The quantitative estimate of drug-likeness (QED) is 0.302. The second-order valence-electron chi connectivity index (χ2n) is 5.22. The van der Waals surface area contributed by atoms with Crippen LogP contribution in [0, 0.1) is 0 Å². The van der Waals surface area contributed by atoms with Crippen molar-refractivity contribution in [1.29, 1.82) is 0 Å². The van der Waals surface area contributed by atoms with Crippen LogP contribution in [0.3, 0.4) is 0 Å². The smallest absolute Gasteiger partial charge is 0.550 e. The first-order chi connectivity index (χ1) is 10.2. The number of aliphatic hydroxyl groups is 1. The van der Waals surface area contributed by atoms with E-state index in [4.69, 9.17) is 0 Å². The minimum absolute atomic E-state index is 0. The molecule has 22 heavy (non-hydrogen) atoms. The van der Waals surface area contributed by atoms with Crippen LogP contribution < -0.4 is 34.7 Å². The van der Waals surface area contributed by atoms with E-state index in [1.165, 1.54) is 0 Å². The third-order valence-electron chi connectivity index (χ3n) is 3.24.